The second-order valence-electron chi connectivity index (χ2n) is 37.8. The number of carbonyl (C=O) groups is 10. The Labute approximate surface area is 807 Å². The van der Waals surface area contributed by atoms with Crippen molar-refractivity contribution < 1.29 is 104 Å². The highest BCUT2D eigenvalue weighted by Gasteiger charge is 2.59. The monoisotopic (exact) mass is 1920 g/mol. The first-order valence-corrected chi connectivity index (χ1v) is 50.5. The Morgan fingerprint density at radius 3 is 1.69 bits per heavy atom. The van der Waals surface area contributed by atoms with Crippen molar-refractivity contribution in [3.63, 3.8) is 0 Å². The highest BCUT2D eigenvalue weighted by molar-refractivity contribution is 7.85. The third-order valence-electron chi connectivity index (χ3n) is 27.5. The standard InChI is InChI=1S/C102H146N12O22S/c1-70(2)92(96(122)108-72(4)94(120)109-78-34-31-75-33-36-86-100(6,80(75)67-78)42-19-44-102(86,8)98(124)112-97(123)101(7)43-18-41-99(5)79-66-71(3)27-28-74(79)32-35-85(99)101)111-95(121)82(110-89(117)40-50-129-54-58-133-62-64-135-60-56-131-52-47-106-87(115)37-38-91(119)114-68-77-22-13-12-20-73(77)29-30-76-21-14-15-25-83(76)114)24-16-17-45-105-90(118)69-136-84-26-11-9-10-23-81(93(84)113-103)104-46-51-130-55-59-134-63-61-132-57-53-128-49-39-88(116)107-48-65-137(125,126)127/h12-15,20-22,25,27-28,31,34,66-67,70,72,82,84-86,92H,9-11,16-19,23-24,26,32-33,35-65,68-69,103H2,1-8H3,(H,105,118)(H,106,115)(H,107,116)(H,108,122)(H,109,120)(H,110,117)(H,111,121)(H,112,123,124)(H,125,126,127)/t72-,82+,84?,85+,86+,92-,99+,100+,101-,102-/m0/s1. The number of fused-ring (bicyclic) bond motifs is 8. The summed E-state index contributed by atoms with van der Waals surface area (Å²) in [6, 6.07) is 24.4. The summed E-state index contributed by atoms with van der Waals surface area (Å²) in [6.45, 7) is 20.4. The molecule has 35 heteroatoms. The lowest BCUT2D eigenvalue weighted by atomic mass is 9.49. The minimum Gasteiger partial charge on any atom is -0.379 e. The molecule has 10 amide bonds. The number of hydrazone groups is 1. The molecule has 137 heavy (non-hydrogen) atoms. The van der Waals surface area contributed by atoms with Crippen LogP contribution in [0.2, 0.25) is 0 Å². The van der Waals surface area contributed by atoms with Crippen molar-refractivity contribution in [2.24, 2.45) is 44.5 Å². The molecule has 5 aliphatic carbocycles. The van der Waals surface area contributed by atoms with Crippen LogP contribution in [0.1, 0.15) is 221 Å². The number of carbonyl (C=O) groups excluding carboxylic acids is 10. The van der Waals surface area contributed by atoms with E-state index in [9.17, 15) is 51.6 Å². The van der Waals surface area contributed by atoms with Gasteiger partial charge in [0, 0.05) is 62.1 Å². The molecule has 10 atom stereocenters. The average Bonchev–Trinajstić information content (AvgIpc) is 0.720. The molecule has 0 aromatic heterocycles. The van der Waals surface area contributed by atoms with Crippen LogP contribution in [0.4, 0.5) is 11.4 Å². The van der Waals surface area contributed by atoms with Gasteiger partial charge in [-0.3, -0.25) is 62.8 Å². The molecule has 0 saturated heterocycles. The van der Waals surface area contributed by atoms with Crippen molar-refractivity contribution in [3.8, 4) is 11.8 Å². The Morgan fingerprint density at radius 1 is 0.526 bits per heavy atom. The van der Waals surface area contributed by atoms with Gasteiger partial charge in [0.25, 0.3) is 10.1 Å². The third-order valence-corrected chi connectivity index (χ3v) is 28.3. The number of aryl methyl sites for hydroxylation is 3. The molecule has 34 nitrogen and oxygen atoms in total. The SMILES string of the molecule is Cc1ccc2c(c1)[C@@]1(C)CCC[C@](C)(C(=O)NC(=O)[C@@]3(C)CCC[C@]4(C)c5cc(NC(=O)[C@H](C)NC(=O)[C@@H](NC(=O)[C@@H](CCCCNC(=O)COC6CCCCCC(=NCCOCCOCCOCCOCCC(=O)NCCS(=O)(=O)O)C6=NN)NC(=O)CCOCCOCCOCCOCCNC(=O)CCC(=O)N6Cc7ccccc7C#Cc7ccccc76)C(C)C)ccc5CC[C@@H]34)[C@@H]1CC2. The van der Waals surface area contributed by atoms with E-state index in [1.165, 1.54) is 16.7 Å². The van der Waals surface area contributed by atoms with Crippen molar-refractivity contribution in [2.45, 2.75) is 238 Å². The summed E-state index contributed by atoms with van der Waals surface area (Å²) in [7, 11) is -4.16. The first-order chi connectivity index (χ1) is 65.8. The van der Waals surface area contributed by atoms with Gasteiger partial charge in [0.1, 0.15) is 36.5 Å². The topological polar surface area (TPSA) is 458 Å². The molecule has 10 rings (SSSR count). The summed E-state index contributed by atoms with van der Waals surface area (Å²) >= 11 is 0. The minimum atomic E-state index is -4.16. The maximum atomic E-state index is 15.0. The number of rotatable bonds is 54. The normalized spacial score (nSPS) is 21.8. The van der Waals surface area contributed by atoms with Crippen LogP contribution in [0.5, 0.6) is 0 Å². The van der Waals surface area contributed by atoms with E-state index in [2.05, 4.69) is 105 Å². The fraction of sp³-hybridized carbons (Fsp3) is 0.627. The highest BCUT2D eigenvalue weighted by Crippen LogP contribution is 2.60. The van der Waals surface area contributed by atoms with E-state index in [-0.39, 0.29) is 172 Å². The number of para-hydroxylation sites is 1. The second kappa shape index (κ2) is 54.6. The molecule has 1 unspecified atom stereocenters. The van der Waals surface area contributed by atoms with E-state index >= 15 is 4.79 Å². The Morgan fingerprint density at radius 2 is 1.07 bits per heavy atom. The predicted octanol–water partition coefficient (Wildman–Crippen LogP) is 8.58. The Balaban J connectivity index is 0.653. The molecular formula is C102H146N12O22S. The summed E-state index contributed by atoms with van der Waals surface area (Å²) < 4.78 is 81.5. The quantitative estimate of drug-likeness (QED) is 0.00494. The maximum Gasteiger partial charge on any atom is 0.266 e. The number of benzene rings is 4. The smallest absolute Gasteiger partial charge is 0.266 e. The number of ether oxygens (including phenoxy) is 9. The molecule has 6 aliphatic rings. The van der Waals surface area contributed by atoms with E-state index in [4.69, 9.17) is 58.0 Å². The van der Waals surface area contributed by atoms with Crippen molar-refractivity contribution in [1.29, 1.82) is 0 Å². The summed E-state index contributed by atoms with van der Waals surface area (Å²) in [6.07, 6.45) is 12.0. The number of amides is 10. The van der Waals surface area contributed by atoms with Crippen molar-refractivity contribution >= 4 is 92.0 Å². The fourth-order valence-electron chi connectivity index (χ4n) is 20.1. The van der Waals surface area contributed by atoms with E-state index in [1.54, 1.807) is 25.7 Å². The Kier molecular flexibility index (Phi) is 43.4. The van der Waals surface area contributed by atoms with Crippen molar-refractivity contribution in [3.05, 3.63) is 129 Å². The van der Waals surface area contributed by atoms with Gasteiger partial charge >= 0.3 is 0 Å². The predicted molar refractivity (Wildman–Crippen MR) is 519 cm³/mol. The molecule has 4 aromatic carbocycles. The molecule has 752 valence electrons. The second-order valence-corrected chi connectivity index (χ2v) is 39.4. The lowest BCUT2D eigenvalue weighted by molar-refractivity contribution is -0.150. The number of anilines is 2. The molecule has 0 bridgehead atoms. The van der Waals surface area contributed by atoms with Crippen LogP contribution in [-0.2, 0) is 131 Å². The first kappa shape index (κ1) is 109. The van der Waals surface area contributed by atoms with Gasteiger partial charge in [-0.05, 0) is 190 Å². The van der Waals surface area contributed by atoms with Gasteiger partial charge in [-0.25, -0.2) is 0 Å². The largest absolute Gasteiger partial charge is 0.379 e. The maximum absolute atomic E-state index is 15.0. The van der Waals surface area contributed by atoms with Gasteiger partial charge in [-0.1, -0.05) is 139 Å². The van der Waals surface area contributed by atoms with E-state index in [0.717, 1.165) is 98.4 Å². The van der Waals surface area contributed by atoms with Crippen LogP contribution in [0.3, 0.4) is 0 Å². The summed E-state index contributed by atoms with van der Waals surface area (Å²) in [4.78, 5) is 145. The van der Waals surface area contributed by atoms with Crippen molar-refractivity contribution in [1.82, 2.24) is 37.2 Å². The number of nitrogens with zero attached hydrogens (tertiary/aromatic N) is 3. The molecule has 0 spiro atoms. The van der Waals surface area contributed by atoms with Crippen LogP contribution in [0.15, 0.2) is 95.0 Å². The number of aliphatic imine (C=N–C) groups is 1. The van der Waals surface area contributed by atoms with Gasteiger partial charge in [0.2, 0.25) is 59.1 Å². The van der Waals surface area contributed by atoms with Crippen LogP contribution in [0.25, 0.3) is 0 Å². The van der Waals surface area contributed by atoms with E-state index in [0.29, 0.717) is 107 Å². The first-order valence-electron chi connectivity index (χ1n) is 48.9. The number of hydrogen-bond acceptors (Lipinski definition) is 24. The molecule has 3 saturated carbocycles. The van der Waals surface area contributed by atoms with Gasteiger partial charge in [0.05, 0.1) is 147 Å². The van der Waals surface area contributed by atoms with E-state index in [1.807, 2.05) is 73.7 Å². The Bertz CT molecular complexity index is 4980. The lowest BCUT2D eigenvalue weighted by Crippen LogP contribution is -2.60. The van der Waals surface area contributed by atoms with Gasteiger partial charge in [0.15, 0.2) is 0 Å². The third kappa shape index (κ3) is 32.6. The van der Waals surface area contributed by atoms with Crippen LogP contribution in [-0.4, -0.2) is 252 Å². The van der Waals surface area contributed by atoms with Gasteiger partial charge < -0.3 is 90.6 Å². The minimum absolute atomic E-state index is 0.00665. The summed E-state index contributed by atoms with van der Waals surface area (Å²) in [5.74, 6) is 7.42. The van der Waals surface area contributed by atoms with E-state index < -0.39 is 97.7 Å². The fourth-order valence-corrected chi connectivity index (χ4v) is 20.4. The van der Waals surface area contributed by atoms with Crippen molar-refractivity contribution in [2.75, 3.05) is 154 Å². The molecule has 4 aromatic rings. The summed E-state index contributed by atoms with van der Waals surface area (Å²) in [5, 5.41) is 26.8. The summed E-state index contributed by atoms with van der Waals surface area (Å²) in [5.41, 5.74) is 8.73. The molecule has 11 N–H and O–H groups in total. The number of unbranched alkanes of at least 4 members (excludes halogenated alkanes) is 1. The number of imide groups is 1. The lowest BCUT2D eigenvalue weighted by Gasteiger charge is -2.56. The van der Waals surface area contributed by atoms with Crippen LogP contribution >= 0.6 is 0 Å². The van der Waals surface area contributed by atoms with Crippen LogP contribution < -0.4 is 53.3 Å². The molecular weight excluding hydrogens is 1780 g/mol. The number of nitrogens with one attached hydrogen (secondary N) is 8. The molecule has 3 fully saturated rings. The van der Waals surface area contributed by atoms with Gasteiger partial charge in [-0.15, -0.1) is 0 Å². The molecule has 1 aliphatic heterocycles. The zero-order chi connectivity index (χ0) is 98.4. The van der Waals surface area contributed by atoms with Gasteiger partial charge in [-0.2, -0.15) is 13.5 Å². The van der Waals surface area contributed by atoms with Crippen LogP contribution in [0, 0.1) is 47.3 Å². The Hall–Kier alpha value is -9.97. The average molecular weight is 1920 g/mol. The molecule has 0 radical (unpaired) electrons. The number of nitrogens with two attached hydrogens (primary N) is 1. The number of hydrogen-bond donors (Lipinski definition) is 10. The zero-order valence-corrected chi connectivity index (χ0v) is 82.1. The zero-order valence-electron chi connectivity index (χ0n) is 81.3. The highest BCUT2D eigenvalue weighted by atomic mass is 32.2. The molecule has 1 heterocycles.